The molecule has 0 radical (unpaired) electrons. The standard InChI is InChI=1S/C10H18ClN3O2S/c11-3-1-10-17(15,16)14-8-6-13(7-9-14)5-2-4-12/h1-3,5-10H2. The summed E-state index contributed by atoms with van der Waals surface area (Å²) in [6, 6.07) is 2.10. The maximum Gasteiger partial charge on any atom is 0.214 e. The van der Waals surface area contributed by atoms with E-state index < -0.39 is 10.0 Å². The molecule has 1 fully saturated rings. The largest absolute Gasteiger partial charge is 0.300 e. The van der Waals surface area contributed by atoms with E-state index in [4.69, 9.17) is 16.9 Å². The second kappa shape index (κ2) is 7.17. The van der Waals surface area contributed by atoms with Crippen LogP contribution in [0.1, 0.15) is 12.8 Å². The van der Waals surface area contributed by atoms with Gasteiger partial charge in [-0.1, -0.05) is 0 Å². The van der Waals surface area contributed by atoms with Crippen LogP contribution >= 0.6 is 11.6 Å². The molecule has 0 saturated carbocycles. The van der Waals surface area contributed by atoms with Gasteiger partial charge >= 0.3 is 0 Å². The van der Waals surface area contributed by atoms with E-state index in [2.05, 4.69) is 11.0 Å². The van der Waals surface area contributed by atoms with E-state index in [0.29, 0.717) is 44.9 Å². The second-order valence-electron chi connectivity index (χ2n) is 4.01. The van der Waals surface area contributed by atoms with Crippen molar-refractivity contribution >= 4 is 21.6 Å². The first kappa shape index (κ1) is 14.7. The zero-order chi connectivity index (χ0) is 12.7. The molecular weight excluding hydrogens is 262 g/mol. The lowest BCUT2D eigenvalue weighted by molar-refractivity contribution is 0.191. The highest BCUT2D eigenvalue weighted by molar-refractivity contribution is 7.89. The number of nitrogens with zero attached hydrogens (tertiary/aromatic N) is 3. The summed E-state index contributed by atoms with van der Waals surface area (Å²) in [7, 11) is -3.13. The maximum atomic E-state index is 11.9. The zero-order valence-electron chi connectivity index (χ0n) is 9.81. The van der Waals surface area contributed by atoms with Gasteiger partial charge in [0.1, 0.15) is 0 Å². The molecule has 1 rings (SSSR count). The Balaban J connectivity index is 2.38. The van der Waals surface area contributed by atoms with Crippen molar-refractivity contribution in [1.82, 2.24) is 9.21 Å². The van der Waals surface area contributed by atoms with Crippen molar-refractivity contribution in [2.45, 2.75) is 12.8 Å². The Morgan fingerprint density at radius 2 is 1.88 bits per heavy atom. The van der Waals surface area contributed by atoms with Crippen LogP contribution in [-0.4, -0.2) is 62.0 Å². The van der Waals surface area contributed by atoms with Crippen LogP contribution in [0.2, 0.25) is 0 Å². The van der Waals surface area contributed by atoms with Crippen LogP contribution in [-0.2, 0) is 10.0 Å². The average Bonchev–Trinajstić information content (AvgIpc) is 2.34. The van der Waals surface area contributed by atoms with E-state index in [-0.39, 0.29) is 5.75 Å². The minimum absolute atomic E-state index is 0.134. The molecule has 0 aliphatic carbocycles. The van der Waals surface area contributed by atoms with Crippen LogP contribution in [0.5, 0.6) is 0 Å². The number of halogens is 1. The van der Waals surface area contributed by atoms with Crippen LogP contribution in [0.25, 0.3) is 0 Å². The molecule has 7 heteroatoms. The summed E-state index contributed by atoms with van der Waals surface area (Å²) < 4.78 is 25.3. The quantitative estimate of drug-likeness (QED) is 0.663. The second-order valence-corrected chi connectivity index (χ2v) is 6.47. The Morgan fingerprint density at radius 3 is 2.41 bits per heavy atom. The minimum atomic E-state index is -3.13. The molecule has 1 aliphatic rings. The van der Waals surface area contributed by atoms with Crippen molar-refractivity contribution in [2.75, 3.05) is 44.4 Å². The molecule has 0 unspecified atom stereocenters. The molecule has 17 heavy (non-hydrogen) atoms. The predicted molar refractivity (Wildman–Crippen MR) is 67.4 cm³/mol. The summed E-state index contributed by atoms with van der Waals surface area (Å²) in [6.07, 6.45) is 0.998. The van der Waals surface area contributed by atoms with Gasteiger partial charge in [0.25, 0.3) is 0 Å². The van der Waals surface area contributed by atoms with Crippen molar-refractivity contribution < 1.29 is 8.42 Å². The summed E-state index contributed by atoms with van der Waals surface area (Å²) in [4.78, 5) is 2.12. The first-order valence-corrected chi connectivity index (χ1v) is 7.87. The summed E-state index contributed by atoms with van der Waals surface area (Å²) in [5.74, 6) is 0.510. The molecule has 0 aromatic rings. The monoisotopic (exact) mass is 279 g/mol. The fourth-order valence-electron chi connectivity index (χ4n) is 1.81. The van der Waals surface area contributed by atoms with Gasteiger partial charge in [0.15, 0.2) is 0 Å². The molecule has 0 atom stereocenters. The maximum absolute atomic E-state index is 11.9. The normalized spacial score (nSPS) is 19.1. The third-order valence-electron chi connectivity index (χ3n) is 2.80. The van der Waals surface area contributed by atoms with E-state index in [1.807, 2.05) is 0 Å². The third kappa shape index (κ3) is 4.80. The van der Waals surface area contributed by atoms with Gasteiger partial charge in [-0.15, -0.1) is 11.6 Å². The van der Waals surface area contributed by atoms with Crippen molar-refractivity contribution in [3.63, 3.8) is 0 Å². The van der Waals surface area contributed by atoms with Gasteiger partial charge in [-0.25, -0.2) is 8.42 Å². The Morgan fingerprint density at radius 1 is 1.24 bits per heavy atom. The van der Waals surface area contributed by atoms with Crippen LogP contribution < -0.4 is 0 Å². The Bertz CT molecular complexity index is 358. The van der Waals surface area contributed by atoms with Gasteiger partial charge < -0.3 is 0 Å². The minimum Gasteiger partial charge on any atom is -0.300 e. The molecule has 0 spiro atoms. The highest BCUT2D eigenvalue weighted by atomic mass is 35.5. The Labute approximate surface area is 108 Å². The molecule has 0 amide bonds. The van der Waals surface area contributed by atoms with E-state index >= 15 is 0 Å². The van der Waals surface area contributed by atoms with Crippen LogP contribution in [0.15, 0.2) is 0 Å². The van der Waals surface area contributed by atoms with E-state index in [0.717, 1.165) is 6.54 Å². The molecule has 0 N–H and O–H groups in total. The molecular formula is C10H18ClN3O2S. The summed E-state index contributed by atoms with van der Waals surface area (Å²) in [5, 5.41) is 8.48. The van der Waals surface area contributed by atoms with Gasteiger partial charge in [-0.05, 0) is 6.42 Å². The topological polar surface area (TPSA) is 64.4 Å². The van der Waals surface area contributed by atoms with Crippen molar-refractivity contribution in [2.24, 2.45) is 0 Å². The highest BCUT2D eigenvalue weighted by Gasteiger charge is 2.25. The number of hydrogen-bond donors (Lipinski definition) is 0. The number of nitriles is 1. The SMILES string of the molecule is N#CCCN1CCN(S(=O)(=O)CCCCl)CC1. The zero-order valence-corrected chi connectivity index (χ0v) is 11.4. The van der Waals surface area contributed by atoms with Gasteiger partial charge in [-0.2, -0.15) is 9.57 Å². The fourth-order valence-corrected chi connectivity index (χ4v) is 3.58. The molecule has 0 bridgehead atoms. The average molecular weight is 280 g/mol. The number of rotatable bonds is 6. The first-order chi connectivity index (χ1) is 8.10. The lowest BCUT2D eigenvalue weighted by Crippen LogP contribution is -2.49. The summed E-state index contributed by atoms with van der Waals surface area (Å²) in [6.45, 7) is 3.20. The number of alkyl halides is 1. The summed E-state index contributed by atoms with van der Waals surface area (Å²) in [5.41, 5.74) is 0. The third-order valence-corrected chi connectivity index (χ3v) is 5.02. The molecule has 0 aromatic heterocycles. The lowest BCUT2D eigenvalue weighted by atomic mass is 10.3. The fraction of sp³-hybridized carbons (Fsp3) is 0.900. The molecule has 1 saturated heterocycles. The van der Waals surface area contributed by atoms with Crippen molar-refractivity contribution in [3.8, 4) is 6.07 Å². The predicted octanol–water partition coefficient (Wildman–Crippen LogP) is 0.476. The summed E-state index contributed by atoms with van der Waals surface area (Å²) >= 11 is 5.51. The van der Waals surface area contributed by atoms with Crippen molar-refractivity contribution in [1.29, 1.82) is 5.26 Å². The van der Waals surface area contributed by atoms with Gasteiger partial charge in [0, 0.05) is 45.0 Å². The van der Waals surface area contributed by atoms with Crippen molar-refractivity contribution in [3.05, 3.63) is 0 Å². The van der Waals surface area contributed by atoms with Gasteiger partial charge in [-0.3, -0.25) is 4.90 Å². The van der Waals surface area contributed by atoms with Gasteiger partial charge in [0.2, 0.25) is 10.0 Å². The lowest BCUT2D eigenvalue weighted by Gasteiger charge is -2.33. The Kier molecular flexibility index (Phi) is 6.20. The van der Waals surface area contributed by atoms with E-state index in [9.17, 15) is 8.42 Å². The first-order valence-electron chi connectivity index (χ1n) is 5.73. The Hall–Kier alpha value is -0.350. The molecule has 0 aromatic carbocycles. The molecule has 98 valence electrons. The number of piperazine rings is 1. The molecule has 1 heterocycles. The van der Waals surface area contributed by atoms with Crippen LogP contribution in [0, 0.1) is 11.3 Å². The number of hydrogen-bond acceptors (Lipinski definition) is 4. The highest BCUT2D eigenvalue weighted by Crippen LogP contribution is 2.09. The smallest absolute Gasteiger partial charge is 0.214 e. The van der Waals surface area contributed by atoms with E-state index in [1.54, 1.807) is 0 Å². The van der Waals surface area contributed by atoms with E-state index in [1.165, 1.54) is 4.31 Å². The van der Waals surface area contributed by atoms with Crippen LogP contribution in [0.4, 0.5) is 0 Å². The molecule has 1 aliphatic heterocycles. The van der Waals surface area contributed by atoms with Crippen LogP contribution in [0.3, 0.4) is 0 Å². The molecule has 5 nitrogen and oxygen atoms in total. The number of sulfonamides is 1. The van der Waals surface area contributed by atoms with Gasteiger partial charge in [0.05, 0.1) is 11.8 Å².